The lowest BCUT2D eigenvalue weighted by atomic mass is 10.2. The van der Waals surface area contributed by atoms with E-state index >= 15 is 0 Å². The normalized spacial score (nSPS) is 10.8. The molecule has 9 heteroatoms. The molecule has 5 nitrogen and oxygen atoms in total. The van der Waals surface area contributed by atoms with Gasteiger partial charge in [0.25, 0.3) is 0 Å². The summed E-state index contributed by atoms with van der Waals surface area (Å²) < 4.78 is 24.5. The fourth-order valence-corrected chi connectivity index (χ4v) is 3.15. The third-order valence-corrected chi connectivity index (χ3v) is 4.29. The summed E-state index contributed by atoms with van der Waals surface area (Å²) in [6.07, 6.45) is 0. The van der Waals surface area contributed by atoms with E-state index in [4.69, 9.17) is 38.1 Å². The first-order chi connectivity index (χ1) is 11.4. The average molecular weight is 433 g/mol. The number of halogens is 4. The topological polar surface area (TPSA) is 74.2 Å². The number of nitrogens with two attached hydrogens (primary N) is 1. The Morgan fingerprint density at radius 2 is 1.96 bits per heavy atom. The lowest BCUT2D eigenvalue weighted by Gasteiger charge is -2.12. The van der Waals surface area contributed by atoms with Crippen LogP contribution in [0.4, 0.5) is 10.4 Å². The Morgan fingerprint density at radius 1 is 1.17 bits per heavy atom. The standard InChI is InChI=1S/C15H9BrCl2FN3O2/c16-10-3-8(14-21-22-15(20)24-14)4-12(18)13(10)23-6-7-1-2-9(19)5-11(7)17/h1-5H,6H2,(H2,20,22). The molecule has 1 aromatic heterocycles. The number of nitrogen functional groups attached to an aromatic ring is 1. The molecule has 0 aliphatic carbocycles. The van der Waals surface area contributed by atoms with Gasteiger partial charge in [0.2, 0.25) is 5.89 Å². The molecule has 0 radical (unpaired) electrons. The van der Waals surface area contributed by atoms with Crippen LogP contribution in [0.2, 0.25) is 10.0 Å². The largest absolute Gasteiger partial charge is 0.486 e. The van der Waals surface area contributed by atoms with Crippen molar-refractivity contribution in [1.29, 1.82) is 0 Å². The van der Waals surface area contributed by atoms with Gasteiger partial charge in [0, 0.05) is 11.1 Å². The lowest BCUT2D eigenvalue weighted by Crippen LogP contribution is -1.98. The third kappa shape index (κ3) is 3.63. The smallest absolute Gasteiger partial charge is 0.313 e. The van der Waals surface area contributed by atoms with Gasteiger partial charge in [0.15, 0.2) is 5.75 Å². The number of aromatic nitrogens is 2. The van der Waals surface area contributed by atoms with Gasteiger partial charge >= 0.3 is 6.01 Å². The number of hydrogen-bond acceptors (Lipinski definition) is 5. The second-order valence-corrected chi connectivity index (χ2v) is 6.41. The van der Waals surface area contributed by atoms with Crippen molar-refractivity contribution in [2.75, 3.05) is 5.73 Å². The van der Waals surface area contributed by atoms with Crippen molar-refractivity contribution in [1.82, 2.24) is 10.2 Å². The molecule has 0 fully saturated rings. The highest BCUT2D eigenvalue weighted by Crippen LogP contribution is 2.38. The minimum atomic E-state index is -0.411. The molecule has 3 rings (SSSR count). The summed E-state index contributed by atoms with van der Waals surface area (Å²) in [5.41, 5.74) is 6.63. The molecular formula is C15H9BrCl2FN3O2. The molecule has 0 aliphatic heterocycles. The van der Waals surface area contributed by atoms with Crippen LogP contribution in [0.15, 0.2) is 39.2 Å². The fraction of sp³-hybridized carbons (Fsp3) is 0.0667. The summed E-state index contributed by atoms with van der Waals surface area (Å²) in [7, 11) is 0. The maximum atomic E-state index is 13.1. The molecule has 0 saturated heterocycles. The molecule has 0 aliphatic rings. The number of rotatable bonds is 4. The molecule has 0 bridgehead atoms. The Morgan fingerprint density at radius 3 is 2.58 bits per heavy atom. The average Bonchev–Trinajstić information content (AvgIpc) is 2.94. The third-order valence-electron chi connectivity index (χ3n) is 3.07. The van der Waals surface area contributed by atoms with Gasteiger partial charge in [-0.05, 0) is 40.2 Å². The molecule has 2 aromatic carbocycles. The van der Waals surface area contributed by atoms with E-state index in [0.717, 1.165) is 0 Å². The molecule has 2 N–H and O–H groups in total. The molecule has 1 heterocycles. The van der Waals surface area contributed by atoms with Gasteiger partial charge in [-0.3, -0.25) is 0 Å². The van der Waals surface area contributed by atoms with Crippen molar-refractivity contribution >= 4 is 45.1 Å². The van der Waals surface area contributed by atoms with Crippen LogP contribution in [-0.4, -0.2) is 10.2 Å². The molecule has 124 valence electrons. The van der Waals surface area contributed by atoms with E-state index in [2.05, 4.69) is 26.1 Å². The highest BCUT2D eigenvalue weighted by atomic mass is 79.9. The van der Waals surface area contributed by atoms with Crippen LogP contribution in [0.25, 0.3) is 11.5 Å². The van der Waals surface area contributed by atoms with Gasteiger partial charge < -0.3 is 14.9 Å². The SMILES string of the molecule is Nc1nnc(-c2cc(Cl)c(OCc3ccc(F)cc3Cl)c(Br)c2)o1. The van der Waals surface area contributed by atoms with Crippen LogP contribution >= 0.6 is 39.1 Å². The highest BCUT2D eigenvalue weighted by Gasteiger charge is 2.15. The molecule has 0 spiro atoms. The first-order valence-electron chi connectivity index (χ1n) is 6.59. The van der Waals surface area contributed by atoms with E-state index in [1.807, 2.05) is 0 Å². The van der Waals surface area contributed by atoms with E-state index in [0.29, 0.717) is 26.4 Å². The lowest BCUT2D eigenvalue weighted by molar-refractivity contribution is 0.304. The van der Waals surface area contributed by atoms with E-state index in [1.165, 1.54) is 12.1 Å². The highest BCUT2D eigenvalue weighted by molar-refractivity contribution is 9.10. The molecule has 0 amide bonds. The van der Waals surface area contributed by atoms with Gasteiger partial charge in [-0.25, -0.2) is 4.39 Å². The van der Waals surface area contributed by atoms with Gasteiger partial charge in [-0.2, -0.15) is 0 Å². The molecular weight excluding hydrogens is 424 g/mol. The number of anilines is 1. The van der Waals surface area contributed by atoms with Crippen LogP contribution in [-0.2, 0) is 6.61 Å². The predicted molar refractivity (Wildman–Crippen MR) is 92.6 cm³/mol. The van der Waals surface area contributed by atoms with Crippen molar-refractivity contribution in [3.63, 3.8) is 0 Å². The Labute approximate surface area is 154 Å². The van der Waals surface area contributed by atoms with Gasteiger partial charge in [0.05, 0.1) is 14.5 Å². The zero-order chi connectivity index (χ0) is 17.3. The molecule has 0 unspecified atom stereocenters. The van der Waals surface area contributed by atoms with Crippen molar-refractivity contribution < 1.29 is 13.5 Å². The van der Waals surface area contributed by atoms with Crippen LogP contribution < -0.4 is 10.5 Å². The summed E-state index contributed by atoms with van der Waals surface area (Å²) in [6.45, 7) is 0.129. The minimum absolute atomic E-state index is 0.0384. The first kappa shape index (κ1) is 17.0. The first-order valence-corrected chi connectivity index (χ1v) is 8.14. The quantitative estimate of drug-likeness (QED) is 0.620. The van der Waals surface area contributed by atoms with Crippen molar-refractivity contribution in [3.05, 3.63) is 56.2 Å². The molecule has 24 heavy (non-hydrogen) atoms. The van der Waals surface area contributed by atoms with E-state index < -0.39 is 5.82 Å². The fourth-order valence-electron chi connectivity index (χ4n) is 1.96. The van der Waals surface area contributed by atoms with Crippen molar-refractivity contribution in [2.24, 2.45) is 0 Å². The summed E-state index contributed by atoms with van der Waals surface area (Å²) in [4.78, 5) is 0. The summed E-state index contributed by atoms with van der Waals surface area (Å²) in [5, 5.41) is 8.00. The van der Waals surface area contributed by atoms with Gasteiger partial charge in [-0.15, -0.1) is 5.10 Å². The monoisotopic (exact) mass is 431 g/mol. The van der Waals surface area contributed by atoms with Gasteiger partial charge in [0.1, 0.15) is 12.4 Å². The maximum Gasteiger partial charge on any atom is 0.313 e. The Bertz CT molecular complexity index is 881. The molecule has 0 atom stereocenters. The Hall–Kier alpha value is -1.83. The van der Waals surface area contributed by atoms with Crippen LogP contribution in [0.1, 0.15) is 5.56 Å². The van der Waals surface area contributed by atoms with Crippen LogP contribution in [0, 0.1) is 5.82 Å². The number of nitrogens with zero attached hydrogens (tertiary/aromatic N) is 2. The molecule has 3 aromatic rings. The van der Waals surface area contributed by atoms with Crippen molar-refractivity contribution in [3.8, 4) is 17.2 Å². The maximum absolute atomic E-state index is 13.1. The summed E-state index contributed by atoms with van der Waals surface area (Å²) >= 11 is 15.6. The van der Waals surface area contributed by atoms with E-state index in [9.17, 15) is 4.39 Å². The number of benzene rings is 2. The van der Waals surface area contributed by atoms with Crippen LogP contribution in [0.3, 0.4) is 0 Å². The Kier molecular flexibility index (Phi) is 4.93. The van der Waals surface area contributed by atoms with Crippen molar-refractivity contribution in [2.45, 2.75) is 6.61 Å². The predicted octanol–water partition coefficient (Wildman–Crippen LogP) is 5.11. The zero-order valence-electron chi connectivity index (χ0n) is 11.9. The van der Waals surface area contributed by atoms with E-state index in [1.54, 1.807) is 18.2 Å². The number of hydrogen-bond donors (Lipinski definition) is 1. The van der Waals surface area contributed by atoms with E-state index in [-0.39, 0.29) is 23.5 Å². The number of ether oxygens (including phenoxy) is 1. The second kappa shape index (κ2) is 6.96. The summed E-state index contributed by atoms with van der Waals surface area (Å²) in [6, 6.07) is 7.37. The summed E-state index contributed by atoms with van der Waals surface area (Å²) in [5.74, 6) is 0.239. The van der Waals surface area contributed by atoms with Crippen LogP contribution in [0.5, 0.6) is 5.75 Å². The zero-order valence-corrected chi connectivity index (χ0v) is 15.0. The Balaban J connectivity index is 1.83. The van der Waals surface area contributed by atoms with Gasteiger partial charge in [-0.1, -0.05) is 34.4 Å². The minimum Gasteiger partial charge on any atom is -0.486 e. The second-order valence-electron chi connectivity index (χ2n) is 4.74. The molecule has 0 saturated carbocycles.